The molecule has 2 aromatic rings. The van der Waals surface area contributed by atoms with Crippen LogP contribution >= 0.6 is 0 Å². The number of halogens is 3. The van der Waals surface area contributed by atoms with Crippen LogP contribution in [0.5, 0.6) is 5.75 Å². The van der Waals surface area contributed by atoms with Gasteiger partial charge in [0.15, 0.2) is 23.2 Å². The summed E-state index contributed by atoms with van der Waals surface area (Å²) in [5.74, 6) is -0.318. The third-order valence-corrected chi connectivity index (χ3v) is 8.72. The average molecular weight is 531 g/mol. The zero-order valence-electron chi connectivity index (χ0n) is 23.3. The lowest BCUT2D eigenvalue weighted by molar-refractivity contribution is 0.0248. The third kappa shape index (κ3) is 7.55. The molecule has 0 atom stereocenters. The molecule has 210 valence electrons. The molecule has 0 N–H and O–H groups in total. The highest BCUT2D eigenvalue weighted by atomic mass is 19.2. The molecule has 0 spiro atoms. The molecule has 4 rings (SSSR count). The SMILES string of the molecule is CCCCOc1ccc(C2CCC(CCc3ccc(C4CCC(OCCC)CC4)c(F)c3F)CC2)cc1F. The summed E-state index contributed by atoms with van der Waals surface area (Å²) in [4.78, 5) is 0. The van der Waals surface area contributed by atoms with E-state index in [1.807, 2.05) is 18.2 Å². The largest absolute Gasteiger partial charge is 0.491 e. The molecule has 0 amide bonds. The molecule has 0 aliphatic heterocycles. The molecule has 2 fully saturated rings. The minimum Gasteiger partial charge on any atom is -0.491 e. The summed E-state index contributed by atoms with van der Waals surface area (Å²) in [7, 11) is 0. The van der Waals surface area contributed by atoms with Crippen molar-refractivity contribution in [3.63, 3.8) is 0 Å². The first-order chi connectivity index (χ1) is 18.5. The van der Waals surface area contributed by atoms with Crippen LogP contribution in [-0.2, 0) is 11.2 Å². The van der Waals surface area contributed by atoms with E-state index in [9.17, 15) is 4.39 Å². The van der Waals surface area contributed by atoms with Crippen molar-refractivity contribution in [3.05, 3.63) is 64.5 Å². The van der Waals surface area contributed by atoms with Gasteiger partial charge in [-0.15, -0.1) is 0 Å². The fourth-order valence-corrected chi connectivity index (χ4v) is 6.30. The normalized spacial score (nSPS) is 23.9. The Hall–Kier alpha value is -2.01. The molecule has 0 saturated heterocycles. The molecule has 0 radical (unpaired) electrons. The number of aryl methyl sites for hydroxylation is 1. The molecule has 38 heavy (non-hydrogen) atoms. The molecule has 2 saturated carbocycles. The number of rotatable bonds is 12. The van der Waals surface area contributed by atoms with E-state index in [4.69, 9.17) is 9.47 Å². The molecule has 5 heteroatoms. The zero-order valence-corrected chi connectivity index (χ0v) is 23.3. The Kier molecular flexibility index (Phi) is 11.0. The van der Waals surface area contributed by atoms with Gasteiger partial charge in [0.05, 0.1) is 12.7 Å². The zero-order chi connectivity index (χ0) is 26.9. The van der Waals surface area contributed by atoms with E-state index < -0.39 is 11.6 Å². The molecule has 0 aromatic heterocycles. The van der Waals surface area contributed by atoms with Crippen molar-refractivity contribution in [1.82, 2.24) is 0 Å². The molecule has 0 bridgehead atoms. The van der Waals surface area contributed by atoms with E-state index >= 15 is 8.78 Å². The van der Waals surface area contributed by atoms with E-state index in [1.165, 1.54) is 0 Å². The lowest BCUT2D eigenvalue weighted by atomic mass is 9.76. The standard InChI is InChI=1S/C33H45F3O2/c1-3-5-21-38-31-19-15-27(22-30(31)34)24-9-6-23(7-10-24)8-11-26-14-18-29(33(36)32(26)35)25-12-16-28(17-13-25)37-20-4-2/h14-15,18-19,22-25,28H,3-13,16-17,20-21H2,1-2H3. The fraction of sp³-hybridized carbons (Fsp3) is 0.636. The Balaban J connectivity index is 1.25. The van der Waals surface area contributed by atoms with Gasteiger partial charge in [0, 0.05) is 6.61 Å². The number of hydrogen-bond acceptors (Lipinski definition) is 2. The maximum Gasteiger partial charge on any atom is 0.165 e. The van der Waals surface area contributed by atoms with Gasteiger partial charge in [-0.1, -0.05) is 38.5 Å². The van der Waals surface area contributed by atoms with E-state index in [-0.39, 0.29) is 17.8 Å². The highest BCUT2D eigenvalue weighted by Crippen LogP contribution is 2.40. The number of hydrogen-bond donors (Lipinski definition) is 0. The fourth-order valence-electron chi connectivity index (χ4n) is 6.30. The summed E-state index contributed by atoms with van der Waals surface area (Å²) in [5.41, 5.74) is 2.07. The van der Waals surface area contributed by atoms with Gasteiger partial charge in [-0.3, -0.25) is 0 Å². The van der Waals surface area contributed by atoms with Crippen LogP contribution in [0.1, 0.15) is 119 Å². The van der Waals surface area contributed by atoms with Gasteiger partial charge in [0.2, 0.25) is 0 Å². The lowest BCUT2D eigenvalue weighted by Gasteiger charge is -2.30. The molecular weight excluding hydrogens is 485 g/mol. The predicted molar refractivity (Wildman–Crippen MR) is 147 cm³/mol. The van der Waals surface area contributed by atoms with Crippen molar-refractivity contribution < 1.29 is 22.6 Å². The number of ether oxygens (including phenoxy) is 2. The van der Waals surface area contributed by atoms with Gasteiger partial charge in [-0.25, -0.2) is 13.2 Å². The average Bonchev–Trinajstić information content (AvgIpc) is 2.94. The van der Waals surface area contributed by atoms with Crippen molar-refractivity contribution in [1.29, 1.82) is 0 Å². The second-order valence-electron chi connectivity index (χ2n) is 11.4. The van der Waals surface area contributed by atoms with Crippen LogP contribution in [0.4, 0.5) is 13.2 Å². The quantitative estimate of drug-likeness (QED) is 0.254. The van der Waals surface area contributed by atoms with Crippen LogP contribution in [0.15, 0.2) is 30.3 Å². The first kappa shape index (κ1) is 29.0. The Morgan fingerprint density at radius 3 is 2.18 bits per heavy atom. The molecule has 0 heterocycles. The second-order valence-corrected chi connectivity index (χ2v) is 11.4. The summed E-state index contributed by atoms with van der Waals surface area (Å²) >= 11 is 0. The van der Waals surface area contributed by atoms with E-state index in [2.05, 4.69) is 13.8 Å². The van der Waals surface area contributed by atoms with Crippen LogP contribution in [0.25, 0.3) is 0 Å². The molecule has 2 aromatic carbocycles. The minimum atomic E-state index is -0.655. The first-order valence-electron chi connectivity index (χ1n) is 15.0. The van der Waals surface area contributed by atoms with Gasteiger partial charge in [0.1, 0.15) is 0 Å². The maximum absolute atomic E-state index is 15.1. The monoisotopic (exact) mass is 530 g/mol. The Labute approximate surface area is 227 Å². The topological polar surface area (TPSA) is 18.5 Å². The number of unbranched alkanes of at least 4 members (excludes halogenated alkanes) is 1. The van der Waals surface area contributed by atoms with Crippen molar-refractivity contribution in [3.8, 4) is 5.75 Å². The van der Waals surface area contributed by atoms with E-state index in [1.54, 1.807) is 12.1 Å². The summed E-state index contributed by atoms with van der Waals surface area (Å²) in [5, 5.41) is 0. The summed E-state index contributed by atoms with van der Waals surface area (Å²) in [6, 6.07) is 9.04. The van der Waals surface area contributed by atoms with Gasteiger partial charge in [0.25, 0.3) is 0 Å². The lowest BCUT2D eigenvalue weighted by Crippen LogP contribution is -2.22. The first-order valence-corrected chi connectivity index (χ1v) is 15.0. The predicted octanol–water partition coefficient (Wildman–Crippen LogP) is 9.64. The number of benzene rings is 2. The Morgan fingerprint density at radius 2 is 1.50 bits per heavy atom. The van der Waals surface area contributed by atoms with Crippen LogP contribution in [-0.4, -0.2) is 19.3 Å². The molecular formula is C33H45F3O2. The molecule has 0 unspecified atom stereocenters. The Morgan fingerprint density at radius 1 is 0.763 bits per heavy atom. The van der Waals surface area contributed by atoms with Crippen molar-refractivity contribution >= 4 is 0 Å². The molecule has 2 aliphatic carbocycles. The van der Waals surface area contributed by atoms with Crippen LogP contribution in [0.3, 0.4) is 0 Å². The van der Waals surface area contributed by atoms with E-state index in [0.29, 0.717) is 41.7 Å². The van der Waals surface area contributed by atoms with Crippen molar-refractivity contribution in [2.24, 2.45) is 5.92 Å². The second kappa shape index (κ2) is 14.4. The molecule has 2 nitrogen and oxygen atoms in total. The molecule has 2 aliphatic rings. The summed E-state index contributed by atoms with van der Waals surface area (Å²) in [6.07, 6.45) is 12.2. The smallest absolute Gasteiger partial charge is 0.165 e. The third-order valence-electron chi connectivity index (χ3n) is 8.72. The van der Waals surface area contributed by atoms with Crippen LogP contribution < -0.4 is 4.74 Å². The van der Waals surface area contributed by atoms with Gasteiger partial charge in [-0.2, -0.15) is 0 Å². The van der Waals surface area contributed by atoms with Gasteiger partial charge in [-0.05, 0) is 124 Å². The van der Waals surface area contributed by atoms with Crippen molar-refractivity contribution in [2.45, 2.75) is 115 Å². The summed E-state index contributed by atoms with van der Waals surface area (Å²) < 4.78 is 56.0. The van der Waals surface area contributed by atoms with Crippen molar-refractivity contribution in [2.75, 3.05) is 13.2 Å². The van der Waals surface area contributed by atoms with Crippen LogP contribution in [0.2, 0.25) is 0 Å². The van der Waals surface area contributed by atoms with Gasteiger partial charge < -0.3 is 9.47 Å². The summed E-state index contributed by atoms with van der Waals surface area (Å²) in [6.45, 7) is 5.50. The minimum absolute atomic E-state index is 0.0807. The van der Waals surface area contributed by atoms with Gasteiger partial charge >= 0.3 is 0 Å². The Bertz CT molecular complexity index is 1010. The van der Waals surface area contributed by atoms with E-state index in [0.717, 1.165) is 89.2 Å². The highest BCUT2D eigenvalue weighted by Gasteiger charge is 2.27. The highest BCUT2D eigenvalue weighted by molar-refractivity contribution is 5.32. The maximum atomic E-state index is 15.1. The van der Waals surface area contributed by atoms with Crippen LogP contribution in [0, 0.1) is 23.4 Å².